The molecule has 538 valence electrons. The van der Waals surface area contributed by atoms with Crippen LogP contribution in [0.4, 0.5) is 10.1 Å². The number of ether oxygens (including phenoxy) is 2. The minimum atomic E-state index is -2.07. The van der Waals surface area contributed by atoms with Crippen molar-refractivity contribution in [3.8, 4) is 23.2 Å². The number of aryl methyl sites for hydroxylation is 1. The van der Waals surface area contributed by atoms with E-state index in [0.29, 0.717) is 77.1 Å². The molecular formula is C77H84FN11O14. The van der Waals surface area contributed by atoms with Crippen LogP contribution in [0, 0.1) is 35.9 Å². The second-order valence-electron chi connectivity index (χ2n) is 27.6. The molecule has 2 aliphatic carbocycles. The van der Waals surface area contributed by atoms with E-state index in [-0.39, 0.29) is 104 Å². The highest BCUT2D eigenvalue weighted by Crippen LogP contribution is 2.48. The lowest BCUT2D eigenvalue weighted by Gasteiger charge is -2.45. The van der Waals surface area contributed by atoms with Crippen LogP contribution in [0.5, 0.6) is 0 Å². The number of nitrogens with zero attached hydrogens (tertiary/aromatic N) is 4. The number of benzene rings is 4. The van der Waals surface area contributed by atoms with Gasteiger partial charge in [-0.25, -0.2) is 14.2 Å². The maximum Gasteiger partial charge on any atom is 0.343 e. The van der Waals surface area contributed by atoms with Gasteiger partial charge in [0.2, 0.25) is 53.2 Å². The SMILES string of the molecule is CC[C@@]1(O)C(=O)OCc2c1cc1n(c2=O)Cc2c-1nc1cc(F)c(C)c3c1c2[C@@H](NC(=O)CNC(=O)CNC(=O)[C@H](Cc1ccccc1)NC(=O)CNC(=O)CNC(=O)CC(C)OCCC(=O)N1CCC2(CCC(C(=O)NCCC(=O)N4Cc5ccccc5C#Cc5ccccc54)CC2)CC1)CC3. The van der Waals surface area contributed by atoms with Gasteiger partial charge in [-0.05, 0) is 129 Å². The van der Waals surface area contributed by atoms with Crippen molar-refractivity contribution >= 4 is 75.7 Å². The van der Waals surface area contributed by atoms with Gasteiger partial charge in [0.25, 0.3) is 5.56 Å². The summed E-state index contributed by atoms with van der Waals surface area (Å²) in [7, 11) is 0. The maximum absolute atomic E-state index is 15.5. The number of fused-ring (bicyclic) bond motifs is 7. The van der Waals surface area contributed by atoms with Crippen molar-refractivity contribution < 1.29 is 66.9 Å². The fraction of sp³-hybridized carbons (Fsp3) is 0.429. The smallest absolute Gasteiger partial charge is 0.343 e. The summed E-state index contributed by atoms with van der Waals surface area (Å²) in [6.45, 7) is 4.40. The van der Waals surface area contributed by atoms with E-state index in [1.807, 2.05) is 53.4 Å². The van der Waals surface area contributed by atoms with Crippen molar-refractivity contribution in [3.05, 3.63) is 163 Å². The Hall–Kier alpha value is -10.7. The molecule has 6 heterocycles. The van der Waals surface area contributed by atoms with E-state index in [9.17, 15) is 57.8 Å². The number of aliphatic hydroxyl groups is 1. The van der Waals surface area contributed by atoms with Crippen LogP contribution >= 0.6 is 0 Å². The number of pyridine rings is 2. The van der Waals surface area contributed by atoms with Crippen molar-refractivity contribution in [2.75, 3.05) is 57.3 Å². The van der Waals surface area contributed by atoms with Crippen LogP contribution in [0.2, 0.25) is 0 Å². The van der Waals surface area contributed by atoms with E-state index >= 15 is 4.39 Å². The van der Waals surface area contributed by atoms with Gasteiger partial charge in [-0.3, -0.25) is 47.9 Å². The second kappa shape index (κ2) is 31.3. The average molecular weight is 1410 g/mol. The number of rotatable bonds is 24. The quantitative estimate of drug-likeness (QED) is 0.0310. The molecule has 2 aromatic heterocycles. The lowest BCUT2D eigenvalue weighted by atomic mass is 9.65. The summed E-state index contributed by atoms with van der Waals surface area (Å²) < 4.78 is 28.0. The molecule has 4 atom stereocenters. The first kappa shape index (κ1) is 72.1. The molecule has 1 unspecified atom stereocenters. The number of cyclic esters (lactones) is 1. The third-order valence-electron chi connectivity index (χ3n) is 21.0. The number of nitrogens with one attached hydrogen (secondary N) is 7. The van der Waals surface area contributed by atoms with E-state index in [2.05, 4.69) is 49.1 Å². The molecule has 26 heteroatoms. The van der Waals surface area contributed by atoms with Crippen LogP contribution in [0.15, 0.2) is 95.8 Å². The Morgan fingerprint density at radius 1 is 0.738 bits per heavy atom. The standard InChI is InChI=1S/C77H84FN11O14/c1-4-77(101)55-36-61-71-53(43-89(61)74(99)54(55)44-103-75(77)100)70-57(21-20-52-46(3)56(78)37-58(86-71)69(52)70)84-65(93)40-82-64(92)39-83-73(98)59(35-47-12-6-5-7-13-47)85-66(94)41-81-63(91)38-80-62(90)34-45(2)102-33-25-67(95)87-31-28-76(29-32-87)26-22-50(23-27-76)72(97)79-30-24-68(96)88-42-51-16-9-8-14-48(51)18-19-49-15-10-11-17-60(49)88/h5-17,36-37,45,50,57,59,101H,4,20-35,38-44H2,1-3H3,(H,79,97)(H,80,90)(H,81,91)(H,82,92)(H,83,98)(H,84,93)(H,85,94)/t45?,57-,59-,77-/m0/s1. The molecule has 2 fully saturated rings. The molecule has 1 spiro atoms. The molecule has 1 saturated heterocycles. The molecule has 1 saturated carbocycles. The molecule has 6 aromatic rings. The topological polar surface area (TPSA) is 335 Å². The zero-order valence-electron chi connectivity index (χ0n) is 57.9. The predicted molar refractivity (Wildman–Crippen MR) is 375 cm³/mol. The zero-order valence-corrected chi connectivity index (χ0v) is 57.9. The Morgan fingerprint density at radius 2 is 1.41 bits per heavy atom. The van der Waals surface area contributed by atoms with Gasteiger partial charge in [-0.2, -0.15) is 0 Å². The third kappa shape index (κ3) is 16.0. The molecule has 4 aromatic carbocycles. The Morgan fingerprint density at radius 3 is 2.16 bits per heavy atom. The molecule has 12 rings (SSSR count). The number of carbonyl (C=O) groups excluding carboxylic acids is 10. The molecule has 9 amide bonds. The van der Waals surface area contributed by atoms with Crippen molar-refractivity contribution in [2.24, 2.45) is 11.3 Å². The van der Waals surface area contributed by atoms with Crippen LogP contribution in [-0.2, 0) is 95.6 Å². The van der Waals surface area contributed by atoms with E-state index in [0.717, 1.165) is 60.9 Å². The van der Waals surface area contributed by atoms with Gasteiger partial charge in [-0.1, -0.05) is 79.4 Å². The molecule has 6 aliphatic rings. The van der Waals surface area contributed by atoms with Gasteiger partial charge in [0, 0.05) is 72.1 Å². The van der Waals surface area contributed by atoms with Crippen LogP contribution in [-0.4, -0.2) is 143 Å². The number of amides is 9. The molecule has 103 heavy (non-hydrogen) atoms. The monoisotopic (exact) mass is 1410 g/mol. The number of piperidine rings is 1. The minimum Gasteiger partial charge on any atom is -0.458 e. The van der Waals surface area contributed by atoms with E-state index in [1.54, 1.807) is 62.1 Å². The Bertz CT molecular complexity index is 4510. The first-order valence-corrected chi connectivity index (χ1v) is 35.3. The van der Waals surface area contributed by atoms with Crippen molar-refractivity contribution in [2.45, 2.75) is 148 Å². The van der Waals surface area contributed by atoms with Gasteiger partial charge in [0.1, 0.15) is 18.5 Å². The highest BCUT2D eigenvalue weighted by molar-refractivity contribution is 5.97. The molecule has 25 nitrogen and oxygen atoms in total. The second-order valence-corrected chi connectivity index (χ2v) is 27.6. The summed E-state index contributed by atoms with van der Waals surface area (Å²) in [6, 6.07) is 25.1. The summed E-state index contributed by atoms with van der Waals surface area (Å²) in [6.07, 6.45) is 5.12. The first-order chi connectivity index (χ1) is 49.6. The minimum absolute atomic E-state index is 0.00316. The van der Waals surface area contributed by atoms with E-state index in [4.69, 9.17) is 14.5 Å². The van der Waals surface area contributed by atoms with Crippen LogP contribution in [0.3, 0.4) is 0 Å². The van der Waals surface area contributed by atoms with Crippen LogP contribution in [0.25, 0.3) is 22.3 Å². The van der Waals surface area contributed by atoms with Crippen LogP contribution in [0.1, 0.15) is 146 Å². The van der Waals surface area contributed by atoms with Gasteiger partial charge in [0.05, 0.1) is 99.0 Å². The van der Waals surface area contributed by atoms with Gasteiger partial charge >= 0.3 is 5.97 Å². The zero-order chi connectivity index (χ0) is 72.7. The maximum atomic E-state index is 15.5. The number of halogens is 1. The van der Waals surface area contributed by atoms with Crippen LogP contribution < -0.4 is 47.7 Å². The van der Waals surface area contributed by atoms with Crippen molar-refractivity contribution in [1.29, 1.82) is 0 Å². The normalized spacial score (nSPS) is 18.1. The highest BCUT2D eigenvalue weighted by Gasteiger charge is 2.47. The molecule has 0 bridgehead atoms. The number of aromatic nitrogens is 2. The van der Waals surface area contributed by atoms with Crippen molar-refractivity contribution in [1.82, 2.24) is 51.7 Å². The highest BCUT2D eigenvalue weighted by atomic mass is 19.1. The molecular weight excluding hydrogens is 1320 g/mol. The number of esters is 1. The summed E-state index contributed by atoms with van der Waals surface area (Å²) in [5.74, 6) is 0.762. The van der Waals surface area contributed by atoms with Gasteiger partial charge in [-0.15, -0.1) is 0 Å². The number of para-hydroxylation sites is 1. The van der Waals surface area contributed by atoms with E-state index < -0.39 is 103 Å². The predicted octanol–water partition coefficient (Wildman–Crippen LogP) is 4.26. The summed E-state index contributed by atoms with van der Waals surface area (Å²) in [5, 5.41) is 30.6. The number of hydrogen-bond acceptors (Lipinski definition) is 15. The van der Waals surface area contributed by atoms with E-state index in [1.165, 1.54) is 10.6 Å². The lowest BCUT2D eigenvalue weighted by molar-refractivity contribution is -0.172. The largest absolute Gasteiger partial charge is 0.458 e. The lowest BCUT2D eigenvalue weighted by Crippen LogP contribution is -2.52. The number of likely N-dealkylation sites (tertiary alicyclic amines) is 1. The number of hydrogen-bond donors (Lipinski definition) is 8. The number of anilines is 1. The Labute approximate surface area is 594 Å². The van der Waals surface area contributed by atoms with Gasteiger partial charge < -0.3 is 66.2 Å². The summed E-state index contributed by atoms with van der Waals surface area (Å²) in [4.78, 5) is 155. The Kier molecular flexibility index (Phi) is 21.9. The third-order valence-corrected chi connectivity index (χ3v) is 21.0. The van der Waals surface area contributed by atoms with Gasteiger partial charge in [0.15, 0.2) is 5.60 Å². The fourth-order valence-corrected chi connectivity index (χ4v) is 15.1. The molecule has 8 N–H and O–H groups in total. The Balaban J connectivity index is 0.537. The average Bonchev–Trinajstić information content (AvgIpc) is 1.60. The first-order valence-electron chi connectivity index (χ1n) is 35.3. The molecule has 4 aliphatic heterocycles. The summed E-state index contributed by atoms with van der Waals surface area (Å²) >= 11 is 0. The number of carbonyl (C=O) groups is 10. The fourth-order valence-electron chi connectivity index (χ4n) is 15.1. The molecule has 0 radical (unpaired) electrons. The summed E-state index contributed by atoms with van der Waals surface area (Å²) in [5.41, 5.74) is 5.03. The van der Waals surface area contributed by atoms with Crippen molar-refractivity contribution in [3.63, 3.8) is 0 Å².